The molecule has 174 valence electrons. The van der Waals surface area contributed by atoms with Crippen LogP contribution in [0.1, 0.15) is 56.1 Å². The second kappa shape index (κ2) is 12.5. The first-order valence-corrected chi connectivity index (χ1v) is 11.9. The van der Waals surface area contributed by atoms with Gasteiger partial charge in [0.15, 0.2) is 16.6 Å². The molecule has 0 unspecified atom stereocenters. The maximum atomic E-state index is 5.94. The molecule has 5 nitrogen and oxygen atoms in total. The van der Waals surface area contributed by atoms with Crippen molar-refractivity contribution in [3.63, 3.8) is 0 Å². The van der Waals surface area contributed by atoms with Gasteiger partial charge in [-0.25, -0.2) is 0 Å². The van der Waals surface area contributed by atoms with Crippen LogP contribution in [-0.4, -0.2) is 37.4 Å². The first kappa shape index (κ1) is 24.2. The van der Waals surface area contributed by atoms with Gasteiger partial charge in [-0.3, -0.25) is 0 Å². The first-order chi connectivity index (χ1) is 15.6. The highest BCUT2D eigenvalue weighted by molar-refractivity contribution is 7.80. The Labute approximate surface area is 198 Å². The summed E-state index contributed by atoms with van der Waals surface area (Å²) >= 11 is 5.94. The largest absolute Gasteiger partial charge is 0.496 e. The highest BCUT2D eigenvalue weighted by atomic mass is 32.1. The Morgan fingerprint density at radius 3 is 2.06 bits per heavy atom. The van der Waals surface area contributed by atoms with Crippen molar-refractivity contribution in [3.8, 4) is 17.2 Å². The lowest BCUT2D eigenvalue weighted by atomic mass is 9.97. The highest BCUT2D eigenvalue weighted by Gasteiger charge is 2.20. The Morgan fingerprint density at radius 2 is 1.44 bits per heavy atom. The molecule has 0 radical (unpaired) electrons. The van der Waals surface area contributed by atoms with Crippen LogP contribution in [0.2, 0.25) is 0 Å². The molecule has 2 aromatic rings. The summed E-state index contributed by atoms with van der Waals surface area (Å²) in [5.41, 5.74) is 2.22. The Bertz CT molecular complexity index is 852. The summed E-state index contributed by atoms with van der Waals surface area (Å²) in [4.78, 5) is 2.22. The van der Waals surface area contributed by atoms with Gasteiger partial charge in [0.2, 0.25) is 0 Å². The number of hydrogen-bond acceptors (Lipinski definition) is 4. The van der Waals surface area contributed by atoms with Crippen molar-refractivity contribution in [1.29, 1.82) is 0 Å². The van der Waals surface area contributed by atoms with Crippen molar-refractivity contribution in [2.45, 2.75) is 64.1 Å². The monoisotopic (exact) mass is 456 g/mol. The number of methoxy groups -OCH3 is 3. The third-order valence-electron chi connectivity index (χ3n) is 6.08. The van der Waals surface area contributed by atoms with E-state index in [4.69, 9.17) is 26.4 Å². The molecule has 1 N–H and O–H groups in total. The molecule has 32 heavy (non-hydrogen) atoms. The Hall–Kier alpha value is -2.47. The van der Waals surface area contributed by atoms with Gasteiger partial charge in [-0.05, 0) is 36.7 Å². The van der Waals surface area contributed by atoms with Gasteiger partial charge in [0.25, 0.3) is 0 Å². The zero-order valence-corrected chi connectivity index (χ0v) is 20.4. The van der Waals surface area contributed by atoms with Crippen LogP contribution in [0.5, 0.6) is 17.2 Å². The molecule has 0 heterocycles. The van der Waals surface area contributed by atoms with Gasteiger partial charge in [0, 0.05) is 30.8 Å². The maximum absolute atomic E-state index is 5.94. The summed E-state index contributed by atoms with van der Waals surface area (Å²) in [6, 6.07) is 14.7. The minimum Gasteiger partial charge on any atom is -0.496 e. The van der Waals surface area contributed by atoms with E-state index in [0.717, 1.165) is 23.0 Å². The van der Waals surface area contributed by atoms with Gasteiger partial charge in [-0.2, -0.15) is 0 Å². The molecule has 0 atom stereocenters. The molecule has 1 aliphatic rings. The van der Waals surface area contributed by atoms with E-state index in [1.807, 2.05) is 18.2 Å². The van der Waals surface area contributed by atoms with Crippen molar-refractivity contribution in [2.75, 3.05) is 21.3 Å². The minimum atomic E-state index is 0.438. The predicted octanol–water partition coefficient (Wildman–Crippen LogP) is 5.70. The highest BCUT2D eigenvalue weighted by Crippen LogP contribution is 2.35. The number of ether oxygens (including phenoxy) is 3. The van der Waals surface area contributed by atoms with Crippen LogP contribution >= 0.6 is 12.2 Å². The molecular weight excluding hydrogens is 420 g/mol. The third kappa shape index (κ3) is 6.76. The predicted molar refractivity (Wildman–Crippen MR) is 134 cm³/mol. The molecule has 0 bridgehead atoms. The lowest BCUT2D eigenvalue weighted by molar-refractivity contribution is 0.337. The number of thiocarbonyl (C=S) groups is 1. The Balaban J connectivity index is 1.83. The van der Waals surface area contributed by atoms with Gasteiger partial charge >= 0.3 is 0 Å². The fourth-order valence-electron chi connectivity index (χ4n) is 4.29. The standard InChI is InChI=1S/C26H36N2O3S/c1-29-23-17-25(31-3)24(30-2)16-21(23)19-28(18-20-12-8-7-9-13-20)26(32)27-22-14-10-5-4-6-11-15-22/h7-9,12-13,16-17,22H,4-6,10-11,14-15,18-19H2,1-3H3,(H,27,32). The quantitative estimate of drug-likeness (QED) is 0.514. The van der Waals surface area contributed by atoms with E-state index in [0.29, 0.717) is 24.1 Å². The van der Waals surface area contributed by atoms with Gasteiger partial charge in [-0.1, -0.05) is 62.4 Å². The molecule has 3 rings (SSSR count). The number of nitrogens with one attached hydrogen (secondary N) is 1. The first-order valence-electron chi connectivity index (χ1n) is 11.5. The van der Waals surface area contributed by atoms with Crippen molar-refractivity contribution >= 4 is 17.3 Å². The average molecular weight is 457 g/mol. The molecule has 0 aliphatic heterocycles. The number of hydrogen-bond donors (Lipinski definition) is 1. The molecule has 1 fully saturated rings. The molecular formula is C26H36N2O3S. The topological polar surface area (TPSA) is 43.0 Å². The van der Waals surface area contributed by atoms with Crippen LogP contribution in [0.15, 0.2) is 42.5 Å². The molecule has 2 aromatic carbocycles. The van der Waals surface area contributed by atoms with E-state index < -0.39 is 0 Å². The summed E-state index contributed by atoms with van der Waals surface area (Å²) in [6.07, 6.45) is 8.89. The summed E-state index contributed by atoms with van der Waals surface area (Å²) in [5, 5.41) is 4.46. The van der Waals surface area contributed by atoms with Crippen LogP contribution in [0.3, 0.4) is 0 Å². The minimum absolute atomic E-state index is 0.438. The van der Waals surface area contributed by atoms with Gasteiger partial charge < -0.3 is 24.4 Å². The molecule has 6 heteroatoms. The molecule has 0 saturated heterocycles. The van der Waals surface area contributed by atoms with Crippen molar-refractivity contribution in [2.24, 2.45) is 0 Å². The average Bonchev–Trinajstić information content (AvgIpc) is 2.80. The van der Waals surface area contributed by atoms with E-state index >= 15 is 0 Å². The normalized spacial score (nSPS) is 14.7. The SMILES string of the molecule is COc1cc(OC)c(OC)cc1CN(Cc1ccccc1)C(=S)NC1CCCCCCC1. The van der Waals surface area contributed by atoms with E-state index in [1.54, 1.807) is 21.3 Å². The molecule has 0 aromatic heterocycles. The summed E-state index contributed by atoms with van der Waals surface area (Å²) in [5.74, 6) is 2.09. The molecule has 1 aliphatic carbocycles. The second-order valence-electron chi connectivity index (χ2n) is 8.35. The van der Waals surface area contributed by atoms with E-state index in [-0.39, 0.29) is 0 Å². The maximum Gasteiger partial charge on any atom is 0.169 e. The van der Waals surface area contributed by atoms with Crippen LogP contribution in [-0.2, 0) is 13.1 Å². The number of rotatable bonds is 8. The zero-order chi connectivity index (χ0) is 22.8. The summed E-state index contributed by atoms with van der Waals surface area (Å²) in [6.45, 7) is 1.33. The molecule has 0 spiro atoms. The zero-order valence-electron chi connectivity index (χ0n) is 19.6. The van der Waals surface area contributed by atoms with Crippen molar-refractivity contribution in [1.82, 2.24) is 10.2 Å². The van der Waals surface area contributed by atoms with Crippen LogP contribution in [0.25, 0.3) is 0 Å². The third-order valence-corrected chi connectivity index (χ3v) is 6.46. The van der Waals surface area contributed by atoms with Gasteiger partial charge in [0.05, 0.1) is 21.3 Å². The van der Waals surface area contributed by atoms with Crippen molar-refractivity contribution in [3.05, 3.63) is 53.6 Å². The lowest BCUT2D eigenvalue weighted by Gasteiger charge is -2.31. The van der Waals surface area contributed by atoms with Crippen LogP contribution < -0.4 is 19.5 Å². The smallest absolute Gasteiger partial charge is 0.169 e. The van der Waals surface area contributed by atoms with Crippen molar-refractivity contribution < 1.29 is 14.2 Å². The second-order valence-corrected chi connectivity index (χ2v) is 8.74. The Kier molecular flexibility index (Phi) is 9.47. The van der Waals surface area contributed by atoms with E-state index in [9.17, 15) is 0 Å². The Morgan fingerprint density at radius 1 is 0.844 bits per heavy atom. The van der Waals surface area contributed by atoms with Gasteiger partial charge in [-0.15, -0.1) is 0 Å². The molecule has 1 saturated carbocycles. The number of benzene rings is 2. The summed E-state index contributed by atoms with van der Waals surface area (Å²) < 4.78 is 16.7. The molecule has 0 amide bonds. The lowest BCUT2D eigenvalue weighted by Crippen LogP contribution is -2.44. The summed E-state index contributed by atoms with van der Waals surface area (Å²) in [7, 11) is 4.96. The fourth-order valence-corrected chi connectivity index (χ4v) is 4.59. The fraction of sp³-hybridized carbons (Fsp3) is 0.500. The number of nitrogens with zero attached hydrogens (tertiary/aromatic N) is 1. The van der Waals surface area contributed by atoms with Crippen LogP contribution in [0.4, 0.5) is 0 Å². The van der Waals surface area contributed by atoms with Crippen LogP contribution in [0, 0.1) is 0 Å². The van der Waals surface area contributed by atoms with E-state index in [1.165, 1.54) is 50.5 Å². The van der Waals surface area contributed by atoms with Gasteiger partial charge in [0.1, 0.15) is 5.75 Å². The van der Waals surface area contributed by atoms with E-state index in [2.05, 4.69) is 34.5 Å².